The van der Waals surface area contributed by atoms with Crippen LogP contribution in [0.2, 0.25) is 5.02 Å². The molecular formula is C19H22ClN3O2. The predicted molar refractivity (Wildman–Crippen MR) is 98.3 cm³/mol. The van der Waals surface area contributed by atoms with Crippen molar-refractivity contribution in [2.45, 2.75) is 32.0 Å². The van der Waals surface area contributed by atoms with Crippen LogP contribution in [0.5, 0.6) is 5.75 Å². The number of hydrogen-bond donors (Lipinski definition) is 3. The van der Waals surface area contributed by atoms with Crippen molar-refractivity contribution in [3.05, 3.63) is 64.7 Å². The molecule has 0 aliphatic carbocycles. The quantitative estimate of drug-likeness (QED) is 0.742. The molecule has 0 aromatic heterocycles. The zero-order chi connectivity index (χ0) is 17.6. The normalized spacial score (nSPS) is 19.6. The van der Waals surface area contributed by atoms with E-state index in [-0.39, 0.29) is 18.0 Å². The molecule has 2 unspecified atom stereocenters. The van der Waals surface area contributed by atoms with Crippen LogP contribution >= 0.6 is 11.6 Å². The molecule has 6 heteroatoms. The van der Waals surface area contributed by atoms with Gasteiger partial charge in [0.25, 0.3) is 0 Å². The van der Waals surface area contributed by atoms with Gasteiger partial charge in [0.15, 0.2) is 0 Å². The molecule has 132 valence electrons. The summed E-state index contributed by atoms with van der Waals surface area (Å²) in [6.45, 7) is 3.04. The second-order valence-electron chi connectivity index (χ2n) is 5.98. The van der Waals surface area contributed by atoms with Crippen LogP contribution in [-0.4, -0.2) is 18.6 Å². The van der Waals surface area contributed by atoms with E-state index in [0.717, 1.165) is 16.9 Å². The Morgan fingerprint density at radius 1 is 1.24 bits per heavy atom. The molecule has 0 spiro atoms. The van der Waals surface area contributed by atoms with Crippen molar-refractivity contribution in [3.8, 4) is 5.75 Å². The Labute approximate surface area is 152 Å². The third kappa shape index (κ3) is 4.72. The highest BCUT2D eigenvalue weighted by Gasteiger charge is 2.29. The number of carbonyl (C=O) groups excluding carboxylic acids is 1. The summed E-state index contributed by atoms with van der Waals surface area (Å²) >= 11 is 6.04. The van der Waals surface area contributed by atoms with Crippen LogP contribution < -0.4 is 20.9 Å². The molecule has 0 bridgehead atoms. The molecule has 3 N–H and O–H groups in total. The van der Waals surface area contributed by atoms with Gasteiger partial charge < -0.3 is 10.1 Å². The van der Waals surface area contributed by atoms with E-state index >= 15 is 0 Å². The van der Waals surface area contributed by atoms with Crippen molar-refractivity contribution < 1.29 is 9.53 Å². The molecule has 1 aliphatic rings. The van der Waals surface area contributed by atoms with Gasteiger partial charge in [0, 0.05) is 17.6 Å². The first-order valence-electron chi connectivity index (χ1n) is 8.41. The Morgan fingerprint density at radius 2 is 2.08 bits per heavy atom. The summed E-state index contributed by atoms with van der Waals surface area (Å²) in [6.07, 6.45) is 0.672. The highest BCUT2D eigenvalue weighted by molar-refractivity contribution is 6.30. The first-order valence-corrected chi connectivity index (χ1v) is 8.79. The Hall–Kier alpha value is -2.08. The molecule has 1 aliphatic heterocycles. The number of halogens is 1. The van der Waals surface area contributed by atoms with Crippen molar-refractivity contribution in [1.82, 2.24) is 16.2 Å². The zero-order valence-corrected chi connectivity index (χ0v) is 14.8. The fraction of sp³-hybridized carbons (Fsp3) is 0.316. The lowest BCUT2D eigenvalue weighted by atomic mass is 10.0. The van der Waals surface area contributed by atoms with E-state index in [2.05, 4.69) is 16.2 Å². The number of nitrogens with one attached hydrogen (secondary N) is 3. The average molecular weight is 360 g/mol. The summed E-state index contributed by atoms with van der Waals surface area (Å²) < 4.78 is 5.48. The van der Waals surface area contributed by atoms with Crippen molar-refractivity contribution in [3.63, 3.8) is 0 Å². The minimum atomic E-state index is -0.279. The minimum absolute atomic E-state index is 0.0289. The lowest BCUT2D eigenvalue weighted by molar-refractivity contribution is -0.123. The van der Waals surface area contributed by atoms with E-state index < -0.39 is 0 Å². The molecule has 5 nitrogen and oxygen atoms in total. The Kier molecular flexibility index (Phi) is 5.91. The monoisotopic (exact) mass is 359 g/mol. The molecule has 2 atom stereocenters. The van der Waals surface area contributed by atoms with Gasteiger partial charge in [-0.15, -0.1) is 0 Å². The topological polar surface area (TPSA) is 62.4 Å². The van der Waals surface area contributed by atoms with Crippen LogP contribution in [-0.2, 0) is 11.3 Å². The molecule has 0 radical (unpaired) electrons. The maximum Gasteiger partial charge on any atom is 0.238 e. The molecule has 0 saturated carbocycles. The number of amides is 1. The van der Waals surface area contributed by atoms with E-state index in [0.29, 0.717) is 24.6 Å². The van der Waals surface area contributed by atoms with E-state index in [4.69, 9.17) is 16.3 Å². The van der Waals surface area contributed by atoms with Gasteiger partial charge in [-0.2, -0.15) is 0 Å². The van der Waals surface area contributed by atoms with Crippen molar-refractivity contribution >= 4 is 17.5 Å². The van der Waals surface area contributed by atoms with Gasteiger partial charge in [0.05, 0.1) is 6.61 Å². The second-order valence-corrected chi connectivity index (χ2v) is 6.42. The van der Waals surface area contributed by atoms with Gasteiger partial charge in [-0.3, -0.25) is 4.79 Å². The van der Waals surface area contributed by atoms with Crippen LogP contribution in [0.1, 0.15) is 30.5 Å². The molecule has 3 rings (SSSR count). The number of rotatable bonds is 6. The molecule has 1 saturated heterocycles. The van der Waals surface area contributed by atoms with E-state index in [1.54, 1.807) is 0 Å². The fourth-order valence-electron chi connectivity index (χ4n) is 2.89. The lowest BCUT2D eigenvalue weighted by Gasteiger charge is -2.12. The number of carbonyl (C=O) groups is 1. The van der Waals surface area contributed by atoms with Crippen LogP contribution in [0.3, 0.4) is 0 Å². The van der Waals surface area contributed by atoms with Crippen molar-refractivity contribution in [2.24, 2.45) is 0 Å². The first kappa shape index (κ1) is 17.7. The summed E-state index contributed by atoms with van der Waals surface area (Å²) in [7, 11) is 0. The standard InChI is InChI=1S/C19H22ClN3O2/c1-2-25-16-8-3-5-13(9-16)12-21-19(24)18-11-17(22-23-18)14-6-4-7-15(20)10-14/h3-10,17-18,22-23H,2,11-12H2,1H3,(H,21,24). The molecular weight excluding hydrogens is 338 g/mol. The van der Waals surface area contributed by atoms with Gasteiger partial charge in [-0.05, 0) is 48.7 Å². The fourth-order valence-corrected chi connectivity index (χ4v) is 3.09. The molecule has 25 heavy (non-hydrogen) atoms. The number of benzene rings is 2. The molecule has 1 fully saturated rings. The first-order chi connectivity index (χ1) is 12.2. The number of ether oxygens (including phenoxy) is 1. The maximum absolute atomic E-state index is 12.4. The number of hydrogen-bond acceptors (Lipinski definition) is 4. The Balaban J connectivity index is 1.53. The lowest BCUT2D eigenvalue weighted by Crippen LogP contribution is -2.42. The smallest absolute Gasteiger partial charge is 0.238 e. The van der Waals surface area contributed by atoms with Gasteiger partial charge in [-0.1, -0.05) is 35.9 Å². The Morgan fingerprint density at radius 3 is 2.88 bits per heavy atom. The van der Waals surface area contributed by atoms with Crippen molar-refractivity contribution in [1.29, 1.82) is 0 Å². The summed E-state index contributed by atoms with van der Waals surface area (Å²) in [5, 5.41) is 3.67. The number of hydrazine groups is 1. The van der Waals surface area contributed by atoms with Crippen LogP contribution in [0.25, 0.3) is 0 Å². The van der Waals surface area contributed by atoms with Crippen LogP contribution in [0, 0.1) is 0 Å². The highest BCUT2D eigenvalue weighted by Crippen LogP contribution is 2.24. The molecule has 2 aromatic carbocycles. The van der Waals surface area contributed by atoms with Gasteiger partial charge in [-0.25, -0.2) is 10.9 Å². The zero-order valence-electron chi connectivity index (χ0n) is 14.1. The molecule has 1 amide bonds. The third-order valence-corrected chi connectivity index (χ3v) is 4.38. The Bertz CT molecular complexity index is 738. The SMILES string of the molecule is CCOc1cccc(CNC(=O)C2CC(c3cccc(Cl)c3)NN2)c1. The van der Waals surface area contributed by atoms with E-state index in [9.17, 15) is 4.79 Å². The molecule has 1 heterocycles. The minimum Gasteiger partial charge on any atom is -0.494 e. The largest absolute Gasteiger partial charge is 0.494 e. The van der Waals surface area contributed by atoms with Gasteiger partial charge >= 0.3 is 0 Å². The summed E-state index contributed by atoms with van der Waals surface area (Å²) in [4.78, 5) is 12.4. The van der Waals surface area contributed by atoms with E-state index in [1.165, 1.54) is 0 Å². The summed E-state index contributed by atoms with van der Waals surface area (Å²) in [5.74, 6) is 0.787. The van der Waals surface area contributed by atoms with Crippen molar-refractivity contribution in [2.75, 3.05) is 6.61 Å². The third-order valence-electron chi connectivity index (χ3n) is 4.15. The van der Waals surface area contributed by atoms with E-state index in [1.807, 2.05) is 55.5 Å². The second kappa shape index (κ2) is 8.34. The van der Waals surface area contributed by atoms with Gasteiger partial charge in [0.1, 0.15) is 11.8 Å². The highest BCUT2D eigenvalue weighted by atomic mass is 35.5. The summed E-state index contributed by atoms with van der Waals surface area (Å²) in [6, 6.07) is 15.2. The van der Waals surface area contributed by atoms with Gasteiger partial charge in [0.2, 0.25) is 5.91 Å². The van der Waals surface area contributed by atoms with Crippen LogP contribution in [0.15, 0.2) is 48.5 Å². The molecule has 2 aromatic rings. The average Bonchev–Trinajstić information content (AvgIpc) is 3.11. The summed E-state index contributed by atoms with van der Waals surface area (Å²) in [5.41, 5.74) is 8.31. The maximum atomic E-state index is 12.4. The van der Waals surface area contributed by atoms with Crippen LogP contribution in [0.4, 0.5) is 0 Å². The predicted octanol–water partition coefficient (Wildman–Crippen LogP) is 2.96.